The maximum absolute atomic E-state index is 2.17. The molecule has 0 aliphatic heterocycles. The first-order chi connectivity index (χ1) is 6.46. The summed E-state index contributed by atoms with van der Waals surface area (Å²) in [7, 11) is 0. The maximum Gasteiger partial charge on any atom is -0.0500 e. The van der Waals surface area contributed by atoms with Crippen LogP contribution in [-0.2, 0) is 0 Å². The molecule has 0 N–H and O–H groups in total. The molecule has 0 aromatic heterocycles. The molecule has 0 heterocycles. The van der Waals surface area contributed by atoms with Gasteiger partial charge in [0.05, 0.1) is 0 Å². The molecule has 1 aliphatic rings. The van der Waals surface area contributed by atoms with Gasteiger partial charge in [-0.15, -0.1) is 0 Å². The van der Waals surface area contributed by atoms with E-state index in [4.69, 9.17) is 0 Å². The largest absolute Gasteiger partial charge is 0.0683 e. The summed E-state index contributed by atoms with van der Waals surface area (Å²) in [6, 6.07) is 0. The molecule has 1 fully saturated rings. The highest BCUT2D eigenvalue weighted by Crippen LogP contribution is 2.15. The van der Waals surface area contributed by atoms with Gasteiger partial charge in [-0.2, -0.15) is 0 Å². The third kappa shape index (κ3) is 90.8. The maximum atomic E-state index is 2.17. The third-order valence-electron chi connectivity index (χ3n) is 1.000. The molecule has 90 valence electrons. The Hall–Kier alpha value is 0. The van der Waals surface area contributed by atoms with E-state index < -0.39 is 0 Å². The third-order valence-corrected chi connectivity index (χ3v) is 1.000. The Morgan fingerprint density at radius 1 is 0.500 bits per heavy atom. The Labute approximate surface area is 93.5 Å². The normalized spacial score (nSPS) is 12.4. The summed E-state index contributed by atoms with van der Waals surface area (Å²) in [4.78, 5) is 0. The van der Waals surface area contributed by atoms with Crippen molar-refractivity contribution in [2.24, 2.45) is 11.8 Å². The molecular weight excluding hydrogens is 168 g/mol. The van der Waals surface area contributed by atoms with E-state index in [1.54, 1.807) is 0 Å². The second-order valence-corrected chi connectivity index (χ2v) is 4.88. The highest BCUT2D eigenvalue weighted by Gasteiger charge is 1.95. The fourth-order valence-corrected chi connectivity index (χ4v) is 0.250. The van der Waals surface area contributed by atoms with Crippen LogP contribution >= 0.6 is 0 Å². The Kier molecular flexibility index (Phi) is 26.1. The molecule has 0 aromatic carbocycles. The van der Waals surface area contributed by atoms with Crippen molar-refractivity contribution in [1.82, 2.24) is 0 Å². The van der Waals surface area contributed by atoms with Crippen LogP contribution in [0, 0.1) is 11.8 Å². The van der Waals surface area contributed by atoms with E-state index in [1.807, 2.05) is 13.8 Å². The SMILES string of the molecule is C1CCC1.CC.CC(C)C.CC(C)C. The highest BCUT2D eigenvalue weighted by molar-refractivity contribution is 4.50. The van der Waals surface area contributed by atoms with Gasteiger partial charge in [-0.05, 0) is 11.8 Å². The number of hydrogen-bond donors (Lipinski definition) is 0. The molecule has 1 saturated carbocycles. The van der Waals surface area contributed by atoms with Crippen molar-refractivity contribution < 1.29 is 0 Å². The molecular formula is C14H34. The van der Waals surface area contributed by atoms with E-state index in [2.05, 4.69) is 41.5 Å². The van der Waals surface area contributed by atoms with Crippen LogP contribution in [0.3, 0.4) is 0 Å². The van der Waals surface area contributed by atoms with Gasteiger partial charge >= 0.3 is 0 Å². The van der Waals surface area contributed by atoms with Crippen LogP contribution in [0.1, 0.15) is 81.1 Å². The van der Waals surface area contributed by atoms with Gasteiger partial charge in [-0.1, -0.05) is 81.1 Å². The van der Waals surface area contributed by atoms with Crippen molar-refractivity contribution >= 4 is 0 Å². The first-order valence-electron chi connectivity index (χ1n) is 6.46. The van der Waals surface area contributed by atoms with Crippen LogP contribution in [0.25, 0.3) is 0 Å². The monoisotopic (exact) mass is 202 g/mol. The fourth-order valence-electron chi connectivity index (χ4n) is 0.250. The molecule has 0 atom stereocenters. The Morgan fingerprint density at radius 3 is 0.571 bits per heavy atom. The highest BCUT2D eigenvalue weighted by atomic mass is 14.0. The van der Waals surface area contributed by atoms with E-state index in [0.717, 1.165) is 11.8 Å². The van der Waals surface area contributed by atoms with Crippen LogP contribution in [0.15, 0.2) is 0 Å². The van der Waals surface area contributed by atoms with Crippen LogP contribution in [-0.4, -0.2) is 0 Å². The number of rotatable bonds is 0. The standard InChI is InChI=1S/C4H8.2C4H10.C2H6/c1-2-4-3-1;2*1-4(2)3;1-2/h1-4H2;2*4H,1-3H3;1-2H3. The van der Waals surface area contributed by atoms with E-state index in [-0.39, 0.29) is 0 Å². The van der Waals surface area contributed by atoms with Gasteiger partial charge in [0.1, 0.15) is 0 Å². The van der Waals surface area contributed by atoms with Crippen LogP contribution < -0.4 is 0 Å². The lowest BCUT2D eigenvalue weighted by molar-refractivity contribution is 0.504. The lowest BCUT2D eigenvalue weighted by atomic mass is 10.0. The summed E-state index contributed by atoms with van der Waals surface area (Å²) in [5, 5.41) is 0. The van der Waals surface area contributed by atoms with Gasteiger partial charge < -0.3 is 0 Å². The van der Waals surface area contributed by atoms with Gasteiger partial charge in [0, 0.05) is 0 Å². The van der Waals surface area contributed by atoms with Gasteiger partial charge in [0.25, 0.3) is 0 Å². The summed E-state index contributed by atoms with van der Waals surface area (Å²) < 4.78 is 0. The molecule has 0 spiro atoms. The predicted molar refractivity (Wildman–Crippen MR) is 70.8 cm³/mol. The molecule has 1 rings (SSSR count). The van der Waals surface area contributed by atoms with E-state index in [1.165, 1.54) is 25.7 Å². The zero-order valence-electron chi connectivity index (χ0n) is 12.0. The summed E-state index contributed by atoms with van der Waals surface area (Å²) >= 11 is 0. The van der Waals surface area contributed by atoms with Crippen molar-refractivity contribution in [3.05, 3.63) is 0 Å². The van der Waals surface area contributed by atoms with Crippen LogP contribution in [0.5, 0.6) is 0 Å². The van der Waals surface area contributed by atoms with Crippen molar-refractivity contribution in [2.45, 2.75) is 81.1 Å². The van der Waals surface area contributed by atoms with Crippen molar-refractivity contribution in [3.8, 4) is 0 Å². The molecule has 0 radical (unpaired) electrons. The average Bonchev–Trinajstić information content (AvgIpc) is 1.83. The predicted octanol–water partition coefficient (Wildman–Crippen LogP) is 5.91. The van der Waals surface area contributed by atoms with E-state index in [0.29, 0.717) is 0 Å². The lowest BCUT2D eigenvalue weighted by Crippen LogP contribution is -1.85. The molecule has 0 aromatic rings. The lowest BCUT2D eigenvalue weighted by Gasteiger charge is -2.05. The van der Waals surface area contributed by atoms with Crippen LogP contribution in [0.4, 0.5) is 0 Å². The van der Waals surface area contributed by atoms with Gasteiger partial charge in [-0.25, -0.2) is 0 Å². The molecule has 0 saturated heterocycles. The zero-order chi connectivity index (χ0) is 12.0. The summed E-state index contributed by atoms with van der Waals surface area (Å²) in [5.41, 5.74) is 0. The summed E-state index contributed by atoms with van der Waals surface area (Å²) in [5.74, 6) is 1.67. The van der Waals surface area contributed by atoms with Crippen molar-refractivity contribution in [2.75, 3.05) is 0 Å². The quantitative estimate of drug-likeness (QED) is 0.458. The zero-order valence-corrected chi connectivity index (χ0v) is 12.0. The van der Waals surface area contributed by atoms with E-state index in [9.17, 15) is 0 Å². The van der Waals surface area contributed by atoms with Crippen molar-refractivity contribution in [1.29, 1.82) is 0 Å². The van der Waals surface area contributed by atoms with Crippen LogP contribution in [0.2, 0.25) is 0 Å². The summed E-state index contributed by atoms with van der Waals surface area (Å²) in [6.45, 7) is 17.0. The van der Waals surface area contributed by atoms with Gasteiger partial charge in [-0.3, -0.25) is 0 Å². The Bertz CT molecular complexity index is 42.9. The van der Waals surface area contributed by atoms with Gasteiger partial charge in [0.15, 0.2) is 0 Å². The second kappa shape index (κ2) is 18.7. The first-order valence-corrected chi connectivity index (χ1v) is 6.46. The molecule has 1 aliphatic carbocycles. The minimum absolute atomic E-state index is 0.833. The minimum atomic E-state index is 0.833. The molecule has 0 nitrogen and oxygen atoms in total. The van der Waals surface area contributed by atoms with Gasteiger partial charge in [0.2, 0.25) is 0 Å². The second-order valence-electron chi connectivity index (χ2n) is 4.88. The fraction of sp³-hybridized carbons (Fsp3) is 1.00. The summed E-state index contributed by atoms with van der Waals surface area (Å²) in [6.07, 6.45) is 6.00. The van der Waals surface area contributed by atoms with Crippen molar-refractivity contribution in [3.63, 3.8) is 0 Å². The van der Waals surface area contributed by atoms with E-state index >= 15 is 0 Å². The first kappa shape index (κ1) is 19.6. The Morgan fingerprint density at radius 2 is 0.571 bits per heavy atom. The Balaban J connectivity index is -0.000000119. The average molecular weight is 202 g/mol. The molecule has 0 bridgehead atoms. The molecule has 0 heteroatoms. The molecule has 0 unspecified atom stereocenters. The topological polar surface area (TPSA) is 0 Å². The minimum Gasteiger partial charge on any atom is -0.0683 e. The number of hydrogen-bond acceptors (Lipinski definition) is 0. The molecule has 0 amide bonds. The smallest absolute Gasteiger partial charge is 0.0500 e. The molecule has 14 heavy (non-hydrogen) atoms.